The lowest BCUT2D eigenvalue weighted by Crippen LogP contribution is -2.39. The Bertz CT molecular complexity index is 979. The van der Waals surface area contributed by atoms with Gasteiger partial charge in [-0.2, -0.15) is 4.31 Å². The van der Waals surface area contributed by atoms with E-state index in [9.17, 15) is 13.2 Å². The number of sulfonamides is 1. The molecule has 0 radical (unpaired) electrons. The zero-order valence-electron chi connectivity index (χ0n) is 17.0. The van der Waals surface area contributed by atoms with Crippen molar-refractivity contribution in [3.05, 3.63) is 64.7 Å². The van der Waals surface area contributed by atoms with E-state index in [-0.39, 0.29) is 21.9 Å². The summed E-state index contributed by atoms with van der Waals surface area (Å²) in [7, 11) is -2.03. The highest BCUT2D eigenvalue weighted by molar-refractivity contribution is 7.89. The van der Waals surface area contributed by atoms with Crippen LogP contribution in [-0.2, 0) is 10.0 Å². The van der Waals surface area contributed by atoms with Gasteiger partial charge in [0.25, 0.3) is 5.91 Å². The smallest absolute Gasteiger partial charge is 0.254 e. The molecule has 0 saturated carbocycles. The van der Waals surface area contributed by atoms with Crippen LogP contribution in [0.25, 0.3) is 0 Å². The van der Waals surface area contributed by atoms with Gasteiger partial charge in [-0.3, -0.25) is 4.79 Å². The molecule has 2 aromatic carbocycles. The van der Waals surface area contributed by atoms with Crippen molar-refractivity contribution in [1.29, 1.82) is 0 Å². The third kappa shape index (κ3) is 4.65. The molecule has 5 nitrogen and oxygen atoms in total. The molecule has 1 aliphatic rings. The minimum Gasteiger partial charge on any atom is -0.335 e. The second kappa shape index (κ2) is 8.86. The van der Waals surface area contributed by atoms with Gasteiger partial charge in [0.1, 0.15) is 4.90 Å². The Labute approximate surface area is 178 Å². The second-order valence-corrected chi connectivity index (χ2v) is 10.1. The highest BCUT2D eigenvalue weighted by Crippen LogP contribution is 2.30. The monoisotopic (exact) mass is 434 g/mol. The van der Waals surface area contributed by atoms with E-state index in [0.717, 1.165) is 18.4 Å². The lowest BCUT2D eigenvalue weighted by atomic mass is 10.0. The van der Waals surface area contributed by atoms with Crippen LogP contribution in [0.1, 0.15) is 48.7 Å². The largest absolute Gasteiger partial charge is 0.335 e. The first-order chi connectivity index (χ1) is 13.7. The molecule has 1 aliphatic heterocycles. The second-order valence-electron chi connectivity index (χ2n) is 7.76. The average Bonchev–Trinajstić information content (AvgIpc) is 2.73. The predicted octanol–water partition coefficient (Wildman–Crippen LogP) is 4.59. The van der Waals surface area contributed by atoms with Crippen LogP contribution in [-0.4, -0.2) is 43.7 Å². The molecule has 1 amide bonds. The molecular formula is C22H27ClN2O3S. The topological polar surface area (TPSA) is 57.7 Å². The molecule has 2 atom stereocenters. The van der Waals surface area contributed by atoms with Gasteiger partial charge in [0.05, 0.1) is 11.1 Å². The van der Waals surface area contributed by atoms with E-state index in [1.54, 1.807) is 18.0 Å². The van der Waals surface area contributed by atoms with E-state index >= 15 is 0 Å². The minimum atomic E-state index is -3.75. The number of halogens is 1. The van der Waals surface area contributed by atoms with Gasteiger partial charge < -0.3 is 4.90 Å². The van der Waals surface area contributed by atoms with Crippen molar-refractivity contribution in [2.45, 2.75) is 37.6 Å². The lowest BCUT2D eigenvalue weighted by Gasteiger charge is -2.30. The van der Waals surface area contributed by atoms with Gasteiger partial charge in [-0.05, 0) is 49.4 Å². The lowest BCUT2D eigenvalue weighted by molar-refractivity contribution is 0.0742. The fraction of sp³-hybridized carbons (Fsp3) is 0.409. The van der Waals surface area contributed by atoms with Gasteiger partial charge in [-0.25, -0.2) is 8.42 Å². The number of rotatable bonds is 5. The summed E-state index contributed by atoms with van der Waals surface area (Å²) in [6.45, 7) is 4.94. The summed E-state index contributed by atoms with van der Waals surface area (Å²) < 4.78 is 27.8. The predicted molar refractivity (Wildman–Crippen MR) is 116 cm³/mol. The Balaban J connectivity index is 1.89. The molecule has 1 heterocycles. The Morgan fingerprint density at radius 3 is 2.55 bits per heavy atom. The molecule has 29 heavy (non-hydrogen) atoms. The van der Waals surface area contributed by atoms with E-state index in [2.05, 4.69) is 0 Å². The van der Waals surface area contributed by atoms with Crippen molar-refractivity contribution >= 4 is 27.5 Å². The zero-order chi connectivity index (χ0) is 21.2. The van der Waals surface area contributed by atoms with Gasteiger partial charge in [0.2, 0.25) is 10.0 Å². The van der Waals surface area contributed by atoms with Gasteiger partial charge in [-0.1, -0.05) is 48.9 Å². The van der Waals surface area contributed by atoms with E-state index in [1.807, 2.05) is 44.2 Å². The molecule has 0 aliphatic carbocycles. The molecule has 7 heteroatoms. The van der Waals surface area contributed by atoms with Crippen LogP contribution in [0.5, 0.6) is 0 Å². The van der Waals surface area contributed by atoms with Gasteiger partial charge >= 0.3 is 0 Å². The Kier molecular flexibility index (Phi) is 6.66. The number of hydrogen-bond acceptors (Lipinski definition) is 3. The summed E-state index contributed by atoms with van der Waals surface area (Å²) in [5.74, 6) is 0.0569. The summed E-state index contributed by atoms with van der Waals surface area (Å²) in [5.41, 5.74) is 1.32. The minimum absolute atomic E-state index is 0.000110. The van der Waals surface area contributed by atoms with E-state index in [1.165, 1.54) is 16.4 Å². The Morgan fingerprint density at radius 1 is 1.21 bits per heavy atom. The maximum absolute atomic E-state index is 13.2. The molecule has 0 bridgehead atoms. The number of piperidine rings is 1. The summed E-state index contributed by atoms with van der Waals surface area (Å²) in [5, 5.41) is 0.138. The first-order valence-corrected chi connectivity index (χ1v) is 11.7. The van der Waals surface area contributed by atoms with Crippen LogP contribution in [0.4, 0.5) is 0 Å². The highest BCUT2D eigenvalue weighted by atomic mass is 35.5. The van der Waals surface area contributed by atoms with E-state index < -0.39 is 10.0 Å². The SMILES string of the molecule is C[C@@H]1CCCN(S(=O)(=O)c2cc(C(=O)N(C)[C@H](C)c3ccccc3)ccc2Cl)C1. The quantitative estimate of drug-likeness (QED) is 0.691. The fourth-order valence-electron chi connectivity index (χ4n) is 3.67. The number of benzene rings is 2. The first kappa shape index (κ1) is 21.8. The molecular weight excluding hydrogens is 408 g/mol. The zero-order valence-corrected chi connectivity index (χ0v) is 18.6. The standard InChI is InChI=1S/C22H27ClN2O3S/c1-16-8-7-13-25(15-16)29(27,28)21-14-19(11-12-20(21)23)22(26)24(3)17(2)18-9-5-4-6-10-18/h4-6,9-12,14,16-17H,7-8,13,15H2,1-3H3/t16-,17-/m1/s1. The van der Waals surface area contributed by atoms with Crippen LogP contribution >= 0.6 is 11.6 Å². The van der Waals surface area contributed by atoms with Crippen LogP contribution < -0.4 is 0 Å². The van der Waals surface area contributed by atoms with Crippen LogP contribution in [0.3, 0.4) is 0 Å². The van der Waals surface area contributed by atoms with Gasteiger partial charge in [-0.15, -0.1) is 0 Å². The number of carbonyl (C=O) groups excluding carboxylic acids is 1. The highest BCUT2D eigenvalue weighted by Gasteiger charge is 2.31. The summed E-state index contributed by atoms with van der Waals surface area (Å²) in [6.07, 6.45) is 1.84. The van der Waals surface area contributed by atoms with Crippen molar-refractivity contribution in [1.82, 2.24) is 9.21 Å². The average molecular weight is 435 g/mol. The molecule has 0 N–H and O–H groups in total. The van der Waals surface area contributed by atoms with Gasteiger partial charge in [0.15, 0.2) is 0 Å². The van der Waals surface area contributed by atoms with Crippen molar-refractivity contribution in [3.8, 4) is 0 Å². The number of amides is 1. The van der Waals surface area contributed by atoms with Gasteiger partial charge in [0, 0.05) is 25.7 Å². The summed E-state index contributed by atoms with van der Waals surface area (Å²) >= 11 is 6.25. The molecule has 1 fully saturated rings. The number of carbonyl (C=O) groups is 1. The fourth-order valence-corrected chi connectivity index (χ4v) is 5.77. The third-order valence-electron chi connectivity index (χ3n) is 5.60. The van der Waals surface area contributed by atoms with E-state index in [4.69, 9.17) is 11.6 Å². The van der Waals surface area contributed by atoms with Crippen molar-refractivity contribution < 1.29 is 13.2 Å². The van der Waals surface area contributed by atoms with Crippen LogP contribution in [0.2, 0.25) is 5.02 Å². The van der Waals surface area contributed by atoms with Crippen LogP contribution in [0, 0.1) is 5.92 Å². The van der Waals surface area contributed by atoms with E-state index in [0.29, 0.717) is 24.6 Å². The van der Waals surface area contributed by atoms with Crippen molar-refractivity contribution in [2.75, 3.05) is 20.1 Å². The molecule has 3 rings (SSSR count). The molecule has 156 valence electrons. The van der Waals surface area contributed by atoms with Crippen LogP contribution in [0.15, 0.2) is 53.4 Å². The molecule has 0 aromatic heterocycles. The molecule has 1 saturated heterocycles. The maximum Gasteiger partial charge on any atom is 0.254 e. The molecule has 0 unspecified atom stereocenters. The van der Waals surface area contributed by atoms with Crippen molar-refractivity contribution in [3.63, 3.8) is 0 Å². The Hall–Kier alpha value is -1.89. The number of hydrogen-bond donors (Lipinski definition) is 0. The van der Waals surface area contributed by atoms with Crippen molar-refractivity contribution in [2.24, 2.45) is 5.92 Å². The third-order valence-corrected chi connectivity index (χ3v) is 7.95. The molecule has 2 aromatic rings. The first-order valence-electron chi connectivity index (χ1n) is 9.83. The molecule has 0 spiro atoms. The summed E-state index contributed by atoms with van der Waals surface area (Å²) in [4.78, 5) is 14.7. The Morgan fingerprint density at radius 2 is 1.90 bits per heavy atom. The normalized spacial score (nSPS) is 19.0. The maximum atomic E-state index is 13.2. The summed E-state index contributed by atoms with van der Waals surface area (Å²) in [6, 6.07) is 14.0. The number of nitrogens with zero attached hydrogens (tertiary/aromatic N) is 2.